The standard InChI is InChI=1S/C16H15FO/c1-18-16-9-7-13(8-10-16)11-15(12-17)14-5-3-2-4-6-14/h2-11H,12H2,1H3/b15-11+. The topological polar surface area (TPSA) is 9.23 Å². The van der Waals surface area contributed by atoms with Crippen molar-refractivity contribution in [3.8, 4) is 5.75 Å². The van der Waals surface area contributed by atoms with E-state index in [2.05, 4.69) is 0 Å². The Morgan fingerprint density at radius 2 is 1.72 bits per heavy atom. The van der Waals surface area contributed by atoms with Crippen molar-refractivity contribution in [1.29, 1.82) is 0 Å². The van der Waals surface area contributed by atoms with Crippen LogP contribution < -0.4 is 4.74 Å². The molecule has 0 aliphatic heterocycles. The fourth-order valence-corrected chi connectivity index (χ4v) is 1.75. The first-order chi connectivity index (χ1) is 8.83. The third kappa shape index (κ3) is 2.98. The van der Waals surface area contributed by atoms with Gasteiger partial charge in [0.15, 0.2) is 0 Å². The van der Waals surface area contributed by atoms with Gasteiger partial charge in [0.25, 0.3) is 0 Å². The van der Waals surface area contributed by atoms with E-state index in [4.69, 9.17) is 4.74 Å². The van der Waals surface area contributed by atoms with Gasteiger partial charge in [-0.05, 0) is 34.9 Å². The van der Waals surface area contributed by atoms with E-state index in [0.29, 0.717) is 5.57 Å². The monoisotopic (exact) mass is 242 g/mol. The highest BCUT2D eigenvalue weighted by Crippen LogP contribution is 2.20. The second-order valence-electron chi connectivity index (χ2n) is 3.94. The molecule has 0 aliphatic rings. The van der Waals surface area contributed by atoms with Crippen molar-refractivity contribution in [3.05, 3.63) is 65.7 Å². The average Bonchev–Trinajstić information content (AvgIpc) is 2.46. The Bertz CT molecular complexity index is 515. The molecule has 0 atom stereocenters. The minimum atomic E-state index is -0.476. The van der Waals surface area contributed by atoms with Crippen LogP contribution in [0.3, 0.4) is 0 Å². The molecule has 0 saturated heterocycles. The van der Waals surface area contributed by atoms with Gasteiger partial charge in [-0.25, -0.2) is 4.39 Å². The number of alkyl halides is 1. The summed E-state index contributed by atoms with van der Waals surface area (Å²) < 4.78 is 18.2. The lowest BCUT2D eigenvalue weighted by Gasteiger charge is -2.04. The summed E-state index contributed by atoms with van der Waals surface area (Å²) in [6, 6.07) is 17.1. The third-order valence-electron chi connectivity index (χ3n) is 2.75. The zero-order chi connectivity index (χ0) is 12.8. The lowest BCUT2D eigenvalue weighted by atomic mass is 10.0. The second kappa shape index (κ2) is 6.01. The van der Waals surface area contributed by atoms with E-state index in [0.717, 1.165) is 16.9 Å². The summed E-state index contributed by atoms with van der Waals surface area (Å²) in [6.45, 7) is -0.476. The summed E-state index contributed by atoms with van der Waals surface area (Å²) in [5, 5.41) is 0. The first-order valence-corrected chi connectivity index (χ1v) is 5.79. The average molecular weight is 242 g/mol. The molecule has 0 bridgehead atoms. The molecular formula is C16H15FO. The molecule has 2 aromatic rings. The Hall–Kier alpha value is -2.09. The Morgan fingerprint density at radius 3 is 2.28 bits per heavy atom. The van der Waals surface area contributed by atoms with Crippen molar-refractivity contribution >= 4 is 11.6 Å². The number of halogens is 1. The lowest BCUT2D eigenvalue weighted by molar-refractivity contribution is 0.415. The predicted molar refractivity (Wildman–Crippen MR) is 73.3 cm³/mol. The minimum absolute atomic E-state index is 0.476. The number of rotatable bonds is 4. The first-order valence-electron chi connectivity index (χ1n) is 5.79. The van der Waals surface area contributed by atoms with Crippen LogP contribution in [0.2, 0.25) is 0 Å². The summed E-state index contributed by atoms with van der Waals surface area (Å²) >= 11 is 0. The van der Waals surface area contributed by atoms with Crippen LogP contribution in [0.1, 0.15) is 11.1 Å². The van der Waals surface area contributed by atoms with Crippen molar-refractivity contribution in [2.75, 3.05) is 13.8 Å². The molecule has 0 amide bonds. The van der Waals surface area contributed by atoms with Crippen LogP contribution in [0.15, 0.2) is 54.6 Å². The van der Waals surface area contributed by atoms with Gasteiger partial charge in [0.05, 0.1) is 7.11 Å². The van der Waals surface area contributed by atoms with Gasteiger partial charge >= 0.3 is 0 Å². The molecule has 92 valence electrons. The maximum Gasteiger partial charge on any atom is 0.118 e. The van der Waals surface area contributed by atoms with Gasteiger partial charge in [0, 0.05) is 0 Å². The van der Waals surface area contributed by atoms with E-state index in [1.807, 2.05) is 60.7 Å². The fraction of sp³-hybridized carbons (Fsp3) is 0.125. The van der Waals surface area contributed by atoms with Crippen molar-refractivity contribution < 1.29 is 9.13 Å². The van der Waals surface area contributed by atoms with Crippen LogP contribution in [-0.2, 0) is 0 Å². The molecule has 0 N–H and O–H groups in total. The Morgan fingerprint density at radius 1 is 1.06 bits per heavy atom. The molecule has 0 saturated carbocycles. The summed E-state index contributed by atoms with van der Waals surface area (Å²) in [4.78, 5) is 0. The molecule has 0 aromatic heterocycles. The number of ether oxygens (including phenoxy) is 1. The zero-order valence-electron chi connectivity index (χ0n) is 10.3. The van der Waals surface area contributed by atoms with Crippen LogP contribution in [0.4, 0.5) is 4.39 Å². The van der Waals surface area contributed by atoms with Crippen molar-refractivity contribution in [1.82, 2.24) is 0 Å². The van der Waals surface area contributed by atoms with Crippen molar-refractivity contribution in [2.45, 2.75) is 0 Å². The van der Waals surface area contributed by atoms with E-state index in [-0.39, 0.29) is 0 Å². The molecular weight excluding hydrogens is 227 g/mol. The summed E-state index contributed by atoms with van der Waals surface area (Å²) in [5.41, 5.74) is 2.56. The minimum Gasteiger partial charge on any atom is -0.497 e. The van der Waals surface area contributed by atoms with Crippen molar-refractivity contribution in [3.63, 3.8) is 0 Å². The van der Waals surface area contributed by atoms with E-state index < -0.39 is 6.67 Å². The zero-order valence-corrected chi connectivity index (χ0v) is 10.3. The normalized spacial score (nSPS) is 11.3. The van der Waals surface area contributed by atoms with Gasteiger partial charge in [-0.15, -0.1) is 0 Å². The highest BCUT2D eigenvalue weighted by atomic mass is 19.1. The Kier molecular flexibility index (Phi) is 4.13. The largest absolute Gasteiger partial charge is 0.497 e. The van der Waals surface area contributed by atoms with Gasteiger partial charge in [0.1, 0.15) is 12.4 Å². The molecule has 2 aromatic carbocycles. The molecule has 0 fully saturated rings. The lowest BCUT2D eigenvalue weighted by Crippen LogP contribution is -1.87. The van der Waals surface area contributed by atoms with E-state index in [1.165, 1.54) is 0 Å². The van der Waals surface area contributed by atoms with Gasteiger partial charge in [-0.2, -0.15) is 0 Å². The fourth-order valence-electron chi connectivity index (χ4n) is 1.75. The molecule has 18 heavy (non-hydrogen) atoms. The third-order valence-corrected chi connectivity index (χ3v) is 2.75. The highest BCUT2D eigenvalue weighted by molar-refractivity contribution is 5.82. The molecule has 2 heteroatoms. The Balaban J connectivity index is 2.29. The number of hydrogen-bond donors (Lipinski definition) is 0. The molecule has 0 heterocycles. The predicted octanol–water partition coefficient (Wildman–Crippen LogP) is 4.21. The summed E-state index contributed by atoms with van der Waals surface area (Å²) in [7, 11) is 1.63. The van der Waals surface area contributed by atoms with Gasteiger partial charge in [-0.3, -0.25) is 0 Å². The SMILES string of the molecule is COc1ccc(/C=C(\CF)c2ccccc2)cc1. The Labute approximate surface area is 107 Å². The number of hydrogen-bond acceptors (Lipinski definition) is 1. The van der Waals surface area contributed by atoms with E-state index in [9.17, 15) is 4.39 Å². The van der Waals surface area contributed by atoms with Gasteiger partial charge in [-0.1, -0.05) is 42.5 Å². The van der Waals surface area contributed by atoms with Crippen LogP contribution in [0.5, 0.6) is 5.75 Å². The molecule has 0 spiro atoms. The van der Waals surface area contributed by atoms with Crippen LogP contribution >= 0.6 is 0 Å². The van der Waals surface area contributed by atoms with Crippen molar-refractivity contribution in [2.24, 2.45) is 0 Å². The number of methoxy groups -OCH3 is 1. The molecule has 0 unspecified atom stereocenters. The van der Waals surface area contributed by atoms with E-state index in [1.54, 1.807) is 7.11 Å². The van der Waals surface area contributed by atoms with Crippen LogP contribution in [0.25, 0.3) is 11.6 Å². The second-order valence-corrected chi connectivity index (χ2v) is 3.94. The highest BCUT2D eigenvalue weighted by Gasteiger charge is 2.01. The maximum atomic E-state index is 13.1. The molecule has 2 rings (SSSR count). The smallest absolute Gasteiger partial charge is 0.118 e. The summed E-state index contributed by atoms with van der Waals surface area (Å²) in [6.07, 6.45) is 1.86. The van der Waals surface area contributed by atoms with Gasteiger partial charge < -0.3 is 4.74 Å². The first kappa shape index (κ1) is 12.4. The number of benzene rings is 2. The summed E-state index contributed by atoms with van der Waals surface area (Å²) in [5.74, 6) is 0.800. The van der Waals surface area contributed by atoms with Crippen LogP contribution in [0, 0.1) is 0 Å². The quantitative estimate of drug-likeness (QED) is 0.730. The molecule has 0 aliphatic carbocycles. The van der Waals surface area contributed by atoms with Gasteiger partial charge in [0.2, 0.25) is 0 Å². The molecule has 1 nitrogen and oxygen atoms in total. The number of allylic oxidation sites excluding steroid dienone is 1. The van der Waals surface area contributed by atoms with Crippen LogP contribution in [-0.4, -0.2) is 13.8 Å². The molecule has 0 radical (unpaired) electrons. The maximum absolute atomic E-state index is 13.1. The van der Waals surface area contributed by atoms with E-state index >= 15 is 0 Å².